The summed E-state index contributed by atoms with van der Waals surface area (Å²) in [4.78, 5) is 28.9. The zero-order chi connectivity index (χ0) is 30.7. The molecule has 1 atom stereocenters. The van der Waals surface area contributed by atoms with Crippen LogP contribution in [0.2, 0.25) is 0 Å². The van der Waals surface area contributed by atoms with Crippen LogP contribution in [-0.4, -0.2) is 98.2 Å². The molecule has 3 heterocycles. The molecule has 5 rings (SSSR count). The molecule has 10 nitrogen and oxygen atoms in total. The minimum Gasteiger partial charge on any atom is -0.383 e. The first-order chi connectivity index (χ1) is 20.6. The van der Waals surface area contributed by atoms with Crippen LogP contribution < -0.4 is 5.32 Å². The third-order valence-corrected chi connectivity index (χ3v) is 8.78. The van der Waals surface area contributed by atoms with Gasteiger partial charge in [-0.2, -0.15) is 0 Å². The van der Waals surface area contributed by atoms with Crippen LogP contribution in [0.3, 0.4) is 0 Å². The van der Waals surface area contributed by atoms with E-state index in [1.165, 1.54) is 12.1 Å². The van der Waals surface area contributed by atoms with E-state index >= 15 is 4.39 Å². The highest BCUT2D eigenvalue weighted by Crippen LogP contribution is 2.32. The number of benzene rings is 2. The number of methoxy groups -OCH3 is 1. The van der Waals surface area contributed by atoms with E-state index in [-0.39, 0.29) is 35.6 Å². The first kappa shape index (κ1) is 30.7. The van der Waals surface area contributed by atoms with Gasteiger partial charge >= 0.3 is 0 Å². The van der Waals surface area contributed by atoms with E-state index in [4.69, 9.17) is 4.74 Å². The normalized spacial score (nSPS) is 15.8. The Morgan fingerprint density at radius 3 is 2.70 bits per heavy atom. The van der Waals surface area contributed by atoms with Crippen molar-refractivity contribution in [3.8, 4) is 11.3 Å². The highest BCUT2D eigenvalue weighted by Gasteiger charge is 2.28. The molecule has 0 aliphatic carbocycles. The highest BCUT2D eigenvalue weighted by atomic mass is 32.2. The van der Waals surface area contributed by atoms with E-state index in [0.29, 0.717) is 23.1 Å². The lowest BCUT2D eigenvalue weighted by Gasteiger charge is -2.29. The standard InChI is InChI=1S/C30H34F2N6O4S/c1-37-11-6-12-38(14-13-37)24(18-42-2)25(39)15-19-7-4-8-20-21(16-33-28(19)20)29-22(31)17-34-30(36-29)35-23-9-5-10-26(27(23)32)43(3,40)41/h4-5,7-10,16-17,24,33H,6,11-15,18H2,1-3H3,(H,34,35,36)/t24-/m1/s1. The van der Waals surface area contributed by atoms with Crippen LogP contribution in [0.5, 0.6) is 0 Å². The molecule has 1 aliphatic rings. The maximum atomic E-state index is 15.1. The van der Waals surface area contributed by atoms with Crippen molar-refractivity contribution >= 4 is 38.2 Å². The van der Waals surface area contributed by atoms with Gasteiger partial charge in [0.05, 0.1) is 24.5 Å². The number of hydrogen-bond acceptors (Lipinski definition) is 9. The van der Waals surface area contributed by atoms with Crippen LogP contribution in [0, 0.1) is 11.6 Å². The van der Waals surface area contributed by atoms with Gasteiger partial charge in [-0.1, -0.05) is 24.3 Å². The molecule has 0 amide bonds. The second-order valence-electron chi connectivity index (χ2n) is 10.8. The molecular formula is C30H34F2N6O4S. The molecule has 0 spiro atoms. The number of para-hydroxylation sites is 1. The van der Waals surface area contributed by atoms with Crippen molar-refractivity contribution in [3.63, 3.8) is 0 Å². The summed E-state index contributed by atoms with van der Waals surface area (Å²) < 4.78 is 59.3. The second-order valence-corrected chi connectivity index (χ2v) is 12.7. The molecule has 13 heteroatoms. The minimum absolute atomic E-state index is 0.0353. The number of sulfone groups is 1. The Balaban J connectivity index is 1.43. The molecule has 1 aliphatic heterocycles. The summed E-state index contributed by atoms with van der Waals surface area (Å²) in [6.07, 6.45) is 4.61. The predicted molar refractivity (Wildman–Crippen MR) is 160 cm³/mol. The Labute approximate surface area is 249 Å². The number of likely N-dealkylation sites (N-methyl/N-ethyl adjacent to an activating group) is 1. The predicted octanol–water partition coefficient (Wildman–Crippen LogP) is 3.81. The number of aromatic amines is 1. The lowest BCUT2D eigenvalue weighted by molar-refractivity contribution is -0.125. The van der Waals surface area contributed by atoms with Crippen molar-refractivity contribution in [1.82, 2.24) is 24.8 Å². The summed E-state index contributed by atoms with van der Waals surface area (Å²) in [6.45, 7) is 3.74. The summed E-state index contributed by atoms with van der Waals surface area (Å²) in [5, 5.41) is 3.31. The van der Waals surface area contributed by atoms with Crippen LogP contribution in [0.15, 0.2) is 53.7 Å². The third-order valence-electron chi connectivity index (χ3n) is 7.67. The Morgan fingerprint density at radius 1 is 1.14 bits per heavy atom. The van der Waals surface area contributed by atoms with Crippen molar-refractivity contribution in [2.75, 3.05) is 58.5 Å². The average Bonchev–Trinajstić information content (AvgIpc) is 3.28. The molecule has 0 unspecified atom stereocenters. The fraction of sp³-hybridized carbons (Fsp3) is 0.367. The van der Waals surface area contributed by atoms with Crippen molar-refractivity contribution in [1.29, 1.82) is 0 Å². The number of Topliss-reactive ketones (excluding diaryl/α,β-unsaturated/α-hetero) is 1. The van der Waals surface area contributed by atoms with Gasteiger partial charge in [-0.25, -0.2) is 27.2 Å². The molecule has 0 saturated carbocycles. The number of H-pyrrole nitrogens is 1. The van der Waals surface area contributed by atoms with E-state index in [9.17, 15) is 17.6 Å². The number of carbonyl (C=O) groups is 1. The Kier molecular flexibility index (Phi) is 9.16. The van der Waals surface area contributed by atoms with Crippen molar-refractivity contribution in [3.05, 3.63) is 66.0 Å². The molecule has 228 valence electrons. The number of ether oxygens (including phenoxy) is 1. The van der Waals surface area contributed by atoms with Gasteiger partial charge in [-0.15, -0.1) is 0 Å². The van der Waals surface area contributed by atoms with E-state index < -0.39 is 26.4 Å². The lowest BCUT2D eigenvalue weighted by atomic mass is 9.99. The van der Waals surface area contributed by atoms with Crippen molar-refractivity contribution < 1.29 is 26.7 Å². The second kappa shape index (κ2) is 12.8. The molecule has 2 aromatic heterocycles. The SMILES string of the molecule is COC[C@H](C(=O)Cc1cccc2c(-c3nc(Nc4cccc(S(C)(=O)=O)c4F)ncc3F)c[nH]c12)N1CCCN(C)CC1. The quantitative estimate of drug-likeness (QED) is 0.275. The maximum absolute atomic E-state index is 15.1. The zero-order valence-electron chi connectivity index (χ0n) is 24.2. The molecule has 2 N–H and O–H groups in total. The molecule has 0 radical (unpaired) electrons. The fourth-order valence-electron chi connectivity index (χ4n) is 5.43. The summed E-state index contributed by atoms with van der Waals surface area (Å²) in [5.41, 5.74) is 1.66. The summed E-state index contributed by atoms with van der Waals surface area (Å²) >= 11 is 0. The van der Waals surface area contributed by atoms with Crippen molar-refractivity contribution in [2.45, 2.75) is 23.8 Å². The maximum Gasteiger partial charge on any atom is 0.228 e. The van der Waals surface area contributed by atoms with Gasteiger partial charge in [0, 0.05) is 62.1 Å². The average molecular weight is 613 g/mol. The van der Waals surface area contributed by atoms with Crippen LogP contribution in [0.4, 0.5) is 20.4 Å². The van der Waals surface area contributed by atoms with Gasteiger partial charge in [0.1, 0.15) is 10.6 Å². The largest absolute Gasteiger partial charge is 0.383 e. The Morgan fingerprint density at radius 2 is 1.93 bits per heavy atom. The number of aromatic nitrogens is 3. The van der Waals surface area contributed by atoms with Gasteiger partial charge in [0.15, 0.2) is 27.3 Å². The molecule has 1 fully saturated rings. The third kappa shape index (κ3) is 6.74. The highest BCUT2D eigenvalue weighted by molar-refractivity contribution is 7.90. The van der Waals surface area contributed by atoms with Crippen LogP contribution in [-0.2, 0) is 25.8 Å². The zero-order valence-corrected chi connectivity index (χ0v) is 25.0. The number of hydrogen-bond donors (Lipinski definition) is 2. The molecule has 43 heavy (non-hydrogen) atoms. The molecule has 2 aromatic carbocycles. The minimum atomic E-state index is -3.81. The Hall–Kier alpha value is -3.78. The summed E-state index contributed by atoms with van der Waals surface area (Å²) in [5.74, 6) is -1.77. The molecule has 1 saturated heterocycles. The Bertz CT molecular complexity index is 1750. The van der Waals surface area contributed by atoms with E-state index in [1.54, 1.807) is 25.4 Å². The number of halogens is 2. The molecule has 4 aromatic rings. The van der Waals surface area contributed by atoms with Crippen LogP contribution in [0.25, 0.3) is 22.2 Å². The fourth-order valence-corrected chi connectivity index (χ4v) is 6.20. The number of rotatable bonds is 10. The van der Waals surface area contributed by atoms with E-state index in [1.807, 2.05) is 6.07 Å². The first-order valence-electron chi connectivity index (χ1n) is 13.9. The number of fused-ring (bicyclic) bond motifs is 1. The molecular weight excluding hydrogens is 578 g/mol. The summed E-state index contributed by atoms with van der Waals surface area (Å²) in [6, 6.07) is 8.97. The monoisotopic (exact) mass is 612 g/mol. The van der Waals surface area contributed by atoms with Gasteiger partial charge in [-0.05, 0) is 37.7 Å². The number of carbonyl (C=O) groups excluding carboxylic acids is 1. The van der Waals surface area contributed by atoms with Gasteiger partial charge in [-0.3, -0.25) is 9.69 Å². The molecule has 0 bridgehead atoms. The van der Waals surface area contributed by atoms with E-state index in [2.05, 4.69) is 37.1 Å². The topological polar surface area (TPSA) is 121 Å². The lowest BCUT2D eigenvalue weighted by Crippen LogP contribution is -2.46. The number of nitrogens with zero attached hydrogens (tertiary/aromatic N) is 4. The number of nitrogens with one attached hydrogen (secondary N) is 2. The van der Waals surface area contributed by atoms with Gasteiger partial charge < -0.3 is 19.9 Å². The summed E-state index contributed by atoms with van der Waals surface area (Å²) in [7, 11) is -0.137. The number of anilines is 2. The van der Waals surface area contributed by atoms with Gasteiger partial charge in [0.2, 0.25) is 5.95 Å². The van der Waals surface area contributed by atoms with Crippen molar-refractivity contribution in [2.24, 2.45) is 0 Å². The smallest absolute Gasteiger partial charge is 0.228 e. The number of ketones is 1. The van der Waals surface area contributed by atoms with Gasteiger partial charge in [0.25, 0.3) is 0 Å². The first-order valence-corrected chi connectivity index (χ1v) is 15.8. The van der Waals surface area contributed by atoms with E-state index in [0.717, 1.165) is 56.7 Å². The van der Waals surface area contributed by atoms with Crippen LogP contribution in [0.1, 0.15) is 12.0 Å². The van der Waals surface area contributed by atoms with Crippen LogP contribution >= 0.6 is 0 Å².